The summed E-state index contributed by atoms with van der Waals surface area (Å²) in [6, 6.07) is 10.5. The van der Waals surface area contributed by atoms with Crippen molar-refractivity contribution in [1.82, 2.24) is 4.31 Å². The number of hydrogen-bond acceptors (Lipinski definition) is 3. The molecule has 2 aromatic carbocycles. The molecule has 0 aliphatic carbocycles. The third kappa shape index (κ3) is 2.74. The quantitative estimate of drug-likeness (QED) is 0.935. The second kappa shape index (κ2) is 6.16. The Morgan fingerprint density at radius 1 is 1.09 bits per heavy atom. The number of halogens is 1. The van der Waals surface area contributed by atoms with Gasteiger partial charge in [-0.3, -0.25) is 0 Å². The van der Waals surface area contributed by atoms with Crippen molar-refractivity contribution in [3.8, 4) is 0 Å². The van der Waals surface area contributed by atoms with Crippen molar-refractivity contribution in [2.45, 2.75) is 17.7 Å². The van der Waals surface area contributed by atoms with E-state index < -0.39 is 10.0 Å². The summed E-state index contributed by atoms with van der Waals surface area (Å²) in [5.41, 5.74) is 0. The molecule has 0 saturated carbocycles. The maximum atomic E-state index is 12.9. The number of nitrogens with zero attached hydrogens (tertiary/aromatic N) is 1. The topological polar surface area (TPSA) is 57.6 Å². The molecule has 6 heteroatoms. The minimum Gasteiger partial charge on any atom is -0.396 e. The molecule has 22 heavy (non-hydrogen) atoms. The first-order chi connectivity index (χ1) is 10.5. The van der Waals surface area contributed by atoms with E-state index in [0.717, 1.165) is 5.39 Å². The highest BCUT2D eigenvalue weighted by atomic mass is 35.5. The fourth-order valence-corrected chi connectivity index (χ4v) is 4.82. The van der Waals surface area contributed by atoms with Crippen molar-refractivity contribution in [1.29, 1.82) is 0 Å². The van der Waals surface area contributed by atoms with E-state index in [-0.39, 0.29) is 12.5 Å². The highest BCUT2D eigenvalue weighted by Crippen LogP contribution is 2.32. The summed E-state index contributed by atoms with van der Waals surface area (Å²) in [7, 11) is -3.54. The molecule has 0 radical (unpaired) electrons. The lowest BCUT2D eigenvalue weighted by Crippen LogP contribution is -2.39. The third-order valence-electron chi connectivity index (χ3n) is 4.28. The van der Waals surface area contributed by atoms with Crippen molar-refractivity contribution >= 4 is 32.4 Å². The van der Waals surface area contributed by atoms with Crippen LogP contribution >= 0.6 is 11.6 Å². The van der Waals surface area contributed by atoms with Crippen LogP contribution in [0.4, 0.5) is 0 Å². The number of rotatable bonds is 3. The lowest BCUT2D eigenvalue weighted by atomic mass is 10.00. The minimum atomic E-state index is -3.54. The summed E-state index contributed by atoms with van der Waals surface area (Å²) in [6.07, 6.45) is 1.39. The number of sulfonamides is 1. The van der Waals surface area contributed by atoms with Crippen LogP contribution in [-0.2, 0) is 10.0 Å². The summed E-state index contributed by atoms with van der Waals surface area (Å²) in [4.78, 5) is 0.301. The van der Waals surface area contributed by atoms with Gasteiger partial charge < -0.3 is 5.11 Å². The average molecular weight is 340 g/mol. The van der Waals surface area contributed by atoms with E-state index in [9.17, 15) is 13.5 Å². The van der Waals surface area contributed by atoms with Gasteiger partial charge in [0, 0.05) is 35.5 Å². The zero-order chi connectivity index (χ0) is 15.7. The predicted molar refractivity (Wildman–Crippen MR) is 87.5 cm³/mol. The van der Waals surface area contributed by atoms with E-state index in [1.54, 1.807) is 18.2 Å². The van der Waals surface area contributed by atoms with Crippen LogP contribution in [0.1, 0.15) is 12.8 Å². The third-order valence-corrected chi connectivity index (χ3v) is 6.57. The second-order valence-corrected chi connectivity index (χ2v) is 7.93. The smallest absolute Gasteiger partial charge is 0.243 e. The van der Waals surface area contributed by atoms with Crippen molar-refractivity contribution in [3.63, 3.8) is 0 Å². The highest BCUT2D eigenvalue weighted by molar-refractivity contribution is 7.89. The molecule has 0 spiro atoms. The van der Waals surface area contributed by atoms with Crippen LogP contribution in [-0.4, -0.2) is 37.5 Å². The average Bonchev–Trinajstić information content (AvgIpc) is 2.55. The largest absolute Gasteiger partial charge is 0.396 e. The molecular formula is C16H18ClNO3S. The van der Waals surface area contributed by atoms with Gasteiger partial charge >= 0.3 is 0 Å². The molecule has 1 aliphatic rings. The van der Waals surface area contributed by atoms with Gasteiger partial charge in [-0.25, -0.2) is 8.42 Å². The van der Waals surface area contributed by atoms with Gasteiger partial charge in [0.15, 0.2) is 0 Å². The molecule has 3 rings (SSSR count). The molecular weight excluding hydrogens is 322 g/mol. The van der Waals surface area contributed by atoms with Gasteiger partial charge in [-0.15, -0.1) is 0 Å². The Morgan fingerprint density at radius 3 is 2.36 bits per heavy atom. The molecule has 2 aromatic rings. The number of aliphatic hydroxyl groups is 1. The van der Waals surface area contributed by atoms with Crippen LogP contribution in [0.15, 0.2) is 41.3 Å². The monoisotopic (exact) mass is 339 g/mol. The molecule has 1 fully saturated rings. The molecule has 1 heterocycles. The molecule has 4 nitrogen and oxygen atoms in total. The summed E-state index contributed by atoms with van der Waals surface area (Å²) < 4.78 is 27.4. The van der Waals surface area contributed by atoms with Crippen molar-refractivity contribution in [3.05, 3.63) is 41.4 Å². The Bertz CT molecular complexity index is 783. The van der Waals surface area contributed by atoms with Crippen LogP contribution in [0.5, 0.6) is 0 Å². The number of fused-ring (bicyclic) bond motifs is 1. The zero-order valence-corrected chi connectivity index (χ0v) is 13.6. The van der Waals surface area contributed by atoms with Crippen LogP contribution in [0.3, 0.4) is 0 Å². The lowest BCUT2D eigenvalue weighted by Gasteiger charge is -2.30. The van der Waals surface area contributed by atoms with E-state index in [4.69, 9.17) is 11.6 Å². The van der Waals surface area contributed by atoms with Gasteiger partial charge in [0.1, 0.15) is 0 Å². The summed E-state index contributed by atoms with van der Waals surface area (Å²) in [5, 5.41) is 11.1. The van der Waals surface area contributed by atoms with Gasteiger partial charge in [0.2, 0.25) is 10.0 Å². The molecule has 118 valence electrons. The number of benzene rings is 2. The fourth-order valence-electron chi connectivity index (χ4n) is 2.93. The molecule has 0 aromatic heterocycles. The Kier molecular flexibility index (Phi) is 4.41. The standard InChI is InChI=1S/C16H18ClNO3S/c17-15-5-6-16(14-4-2-1-3-13(14)15)22(20,21)18-9-7-12(11-19)8-10-18/h1-6,12,19H,7-11H2. The number of piperidine rings is 1. The van der Waals surface area contributed by atoms with Crippen LogP contribution in [0, 0.1) is 5.92 Å². The first-order valence-corrected chi connectivity index (χ1v) is 9.14. The normalized spacial score (nSPS) is 17.9. The Labute approximate surface area is 135 Å². The first kappa shape index (κ1) is 15.7. The molecule has 0 amide bonds. The molecule has 1 saturated heterocycles. The van der Waals surface area contributed by atoms with Gasteiger partial charge in [0.05, 0.1) is 4.90 Å². The van der Waals surface area contributed by atoms with E-state index >= 15 is 0 Å². The highest BCUT2D eigenvalue weighted by Gasteiger charge is 2.30. The molecule has 1 N–H and O–H groups in total. The molecule has 1 aliphatic heterocycles. The first-order valence-electron chi connectivity index (χ1n) is 7.32. The minimum absolute atomic E-state index is 0.123. The summed E-state index contributed by atoms with van der Waals surface area (Å²) in [5.74, 6) is 0.202. The molecule has 0 bridgehead atoms. The number of aliphatic hydroxyl groups excluding tert-OH is 1. The van der Waals surface area contributed by atoms with Crippen molar-refractivity contribution in [2.24, 2.45) is 5.92 Å². The zero-order valence-electron chi connectivity index (χ0n) is 12.1. The number of hydrogen-bond donors (Lipinski definition) is 1. The van der Waals surface area contributed by atoms with Crippen LogP contribution < -0.4 is 0 Å². The van der Waals surface area contributed by atoms with E-state index in [1.807, 2.05) is 18.2 Å². The summed E-state index contributed by atoms with van der Waals surface area (Å²) >= 11 is 6.17. The molecule has 0 unspecified atom stereocenters. The molecule has 0 atom stereocenters. The fraction of sp³-hybridized carbons (Fsp3) is 0.375. The van der Waals surface area contributed by atoms with E-state index in [0.29, 0.717) is 41.2 Å². The van der Waals surface area contributed by atoms with Gasteiger partial charge in [0.25, 0.3) is 0 Å². The Morgan fingerprint density at radius 2 is 1.73 bits per heavy atom. The van der Waals surface area contributed by atoms with Gasteiger partial charge in [-0.1, -0.05) is 35.9 Å². The maximum absolute atomic E-state index is 12.9. The second-order valence-electron chi connectivity index (χ2n) is 5.62. The van der Waals surface area contributed by atoms with E-state index in [1.165, 1.54) is 4.31 Å². The van der Waals surface area contributed by atoms with Gasteiger partial charge in [-0.2, -0.15) is 4.31 Å². The Balaban J connectivity index is 2.02. The summed E-state index contributed by atoms with van der Waals surface area (Å²) in [6.45, 7) is 1.02. The Hall–Kier alpha value is -1.14. The lowest BCUT2D eigenvalue weighted by molar-refractivity contribution is 0.170. The van der Waals surface area contributed by atoms with Crippen LogP contribution in [0.2, 0.25) is 5.02 Å². The van der Waals surface area contributed by atoms with Crippen molar-refractivity contribution < 1.29 is 13.5 Å². The predicted octanol–water partition coefficient (Wildman–Crippen LogP) is 2.89. The van der Waals surface area contributed by atoms with E-state index in [2.05, 4.69) is 0 Å². The SMILES string of the molecule is O=S(=O)(c1ccc(Cl)c2ccccc12)N1CCC(CO)CC1. The van der Waals surface area contributed by atoms with Gasteiger partial charge in [-0.05, 0) is 30.9 Å². The van der Waals surface area contributed by atoms with Crippen molar-refractivity contribution in [2.75, 3.05) is 19.7 Å². The van der Waals surface area contributed by atoms with Crippen LogP contribution in [0.25, 0.3) is 10.8 Å². The maximum Gasteiger partial charge on any atom is 0.243 e.